The summed E-state index contributed by atoms with van der Waals surface area (Å²) in [5, 5.41) is 9.17. The van der Waals surface area contributed by atoms with E-state index in [1.807, 2.05) is 12.3 Å². The first-order chi connectivity index (χ1) is 12.0. The van der Waals surface area contributed by atoms with E-state index in [0.717, 1.165) is 5.69 Å². The van der Waals surface area contributed by atoms with Crippen LogP contribution in [0.4, 0.5) is 5.95 Å². The van der Waals surface area contributed by atoms with Crippen molar-refractivity contribution >= 4 is 45.5 Å². The highest BCUT2D eigenvalue weighted by atomic mass is 35.5. The maximum absolute atomic E-state index is 12.3. The smallest absolute Gasteiger partial charge is 0.250 e. The molecule has 1 N–H and O–H groups in total. The van der Waals surface area contributed by atoms with Crippen molar-refractivity contribution < 1.29 is 14.3 Å². The van der Waals surface area contributed by atoms with Crippen molar-refractivity contribution in [2.24, 2.45) is 0 Å². The standard InChI is InChI=1S/C16H15ClN4O3S/c1-9-8-25-16-19-15(20-21(9)16)18-14(23)6-4-12(22)11-7-10(17)3-5-13(11)24-2/h3,5,7-8H,4,6H2,1-2H3,(H,18,20,23). The molecule has 0 spiro atoms. The van der Waals surface area contributed by atoms with Crippen molar-refractivity contribution in [3.05, 3.63) is 39.9 Å². The molecule has 0 radical (unpaired) electrons. The van der Waals surface area contributed by atoms with E-state index >= 15 is 0 Å². The molecule has 0 aliphatic rings. The number of hydrogen-bond donors (Lipinski definition) is 1. The number of ether oxygens (including phenoxy) is 1. The maximum Gasteiger partial charge on any atom is 0.250 e. The summed E-state index contributed by atoms with van der Waals surface area (Å²) >= 11 is 7.36. The van der Waals surface area contributed by atoms with Crippen molar-refractivity contribution in [2.75, 3.05) is 12.4 Å². The Morgan fingerprint density at radius 3 is 2.88 bits per heavy atom. The maximum atomic E-state index is 12.3. The first-order valence-corrected chi connectivity index (χ1v) is 8.71. The van der Waals surface area contributed by atoms with Gasteiger partial charge in [-0.25, -0.2) is 4.52 Å². The van der Waals surface area contributed by atoms with Crippen molar-refractivity contribution in [1.82, 2.24) is 14.6 Å². The minimum absolute atomic E-state index is 0.0142. The zero-order valence-corrected chi connectivity index (χ0v) is 15.1. The number of nitrogens with zero attached hydrogens (tertiary/aromatic N) is 3. The lowest BCUT2D eigenvalue weighted by Gasteiger charge is -2.07. The number of halogens is 1. The minimum Gasteiger partial charge on any atom is -0.496 e. The molecule has 0 atom stereocenters. The first kappa shape index (κ1) is 17.4. The van der Waals surface area contributed by atoms with E-state index in [4.69, 9.17) is 16.3 Å². The summed E-state index contributed by atoms with van der Waals surface area (Å²) < 4.78 is 6.81. The topological polar surface area (TPSA) is 85.6 Å². The van der Waals surface area contributed by atoms with E-state index < -0.39 is 0 Å². The van der Waals surface area contributed by atoms with Gasteiger partial charge in [0.05, 0.1) is 18.4 Å². The Morgan fingerprint density at radius 2 is 2.16 bits per heavy atom. The number of thiazole rings is 1. The van der Waals surface area contributed by atoms with Crippen LogP contribution < -0.4 is 10.1 Å². The number of benzene rings is 1. The molecule has 0 saturated heterocycles. The number of methoxy groups -OCH3 is 1. The van der Waals surface area contributed by atoms with Gasteiger partial charge in [-0.15, -0.1) is 16.4 Å². The van der Waals surface area contributed by atoms with Crippen molar-refractivity contribution in [3.63, 3.8) is 0 Å². The molecule has 0 bridgehead atoms. The summed E-state index contributed by atoms with van der Waals surface area (Å²) in [4.78, 5) is 29.3. The van der Waals surface area contributed by atoms with Gasteiger partial charge in [-0.3, -0.25) is 14.9 Å². The second kappa shape index (κ2) is 7.20. The second-order valence-electron chi connectivity index (χ2n) is 5.32. The predicted molar refractivity (Wildman–Crippen MR) is 95.8 cm³/mol. The Balaban J connectivity index is 1.62. The van der Waals surface area contributed by atoms with Crippen molar-refractivity contribution in [1.29, 1.82) is 0 Å². The first-order valence-electron chi connectivity index (χ1n) is 7.45. The summed E-state index contributed by atoms with van der Waals surface area (Å²) in [6, 6.07) is 4.80. The van der Waals surface area contributed by atoms with Gasteiger partial charge in [0, 0.05) is 23.2 Å². The molecule has 130 valence electrons. The Kier molecular flexibility index (Phi) is 5.00. The fourth-order valence-corrected chi connectivity index (χ4v) is 3.26. The SMILES string of the molecule is COc1ccc(Cl)cc1C(=O)CCC(=O)Nc1nc2scc(C)n2n1. The number of carbonyl (C=O) groups excluding carboxylic acids is 2. The van der Waals surface area contributed by atoms with Gasteiger partial charge in [-0.1, -0.05) is 11.6 Å². The molecule has 7 nitrogen and oxygen atoms in total. The number of aryl methyl sites for hydroxylation is 1. The van der Waals surface area contributed by atoms with E-state index in [1.54, 1.807) is 16.6 Å². The van der Waals surface area contributed by atoms with E-state index in [0.29, 0.717) is 21.3 Å². The summed E-state index contributed by atoms with van der Waals surface area (Å²) in [5.74, 6) is 0.114. The van der Waals surface area contributed by atoms with Crippen LogP contribution in [0.25, 0.3) is 4.96 Å². The van der Waals surface area contributed by atoms with Crippen molar-refractivity contribution in [3.8, 4) is 5.75 Å². The molecule has 2 heterocycles. The van der Waals surface area contributed by atoms with Gasteiger partial charge < -0.3 is 4.74 Å². The highest BCUT2D eigenvalue weighted by Gasteiger charge is 2.16. The molecular weight excluding hydrogens is 364 g/mol. The molecule has 9 heteroatoms. The molecule has 3 aromatic rings. The van der Waals surface area contributed by atoms with Gasteiger partial charge in [-0.05, 0) is 25.1 Å². The molecule has 0 aliphatic carbocycles. The third-order valence-corrected chi connectivity index (χ3v) is 4.71. The highest BCUT2D eigenvalue weighted by Crippen LogP contribution is 2.24. The highest BCUT2D eigenvalue weighted by molar-refractivity contribution is 7.15. The lowest BCUT2D eigenvalue weighted by atomic mass is 10.1. The third kappa shape index (κ3) is 3.80. The van der Waals surface area contributed by atoms with Crippen LogP contribution in [0.2, 0.25) is 5.02 Å². The largest absolute Gasteiger partial charge is 0.496 e. The Morgan fingerprint density at radius 1 is 1.36 bits per heavy atom. The average Bonchev–Trinajstić information content (AvgIpc) is 3.14. The number of Topliss-reactive ketones (excluding diaryl/α,β-unsaturated/α-hetero) is 1. The van der Waals surface area contributed by atoms with Crippen LogP contribution in [0.5, 0.6) is 5.75 Å². The van der Waals surface area contributed by atoms with Gasteiger partial charge in [0.2, 0.25) is 16.8 Å². The molecule has 0 unspecified atom stereocenters. The summed E-state index contributed by atoms with van der Waals surface area (Å²) in [6.45, 7) is 1.90. The second-order valence-corrected chi connectivity index (χ2v) is 6.60. The number of aromatic nitrogens is 3. The minimum atomic E-state index is -0.328. The van der Waals surface area contributed by atoms with Crippen LogP contribution in [-0.2, 0) is 4.79 Å². The van der Waals surface area contributed by atoms with Crippen LogP contribution in [-0.4, -0.2) is 33.4 Å². The number of carbonyl (C=O) groups is 2. The van der Waals surface area contributed by atoms with E-state index in [9.17, 15) is 9.59 Å². The fourth-order valence-electron chi connectivity index (χ4n) is 2.29. The quantitative estimate of drug-likeness (QED) is 0.665. The number of fused-ring (bicyclic) bond motifs is 1. The fraction of sp³-hybridized carbons (Fsp3) is 0.250. The molecule has 2 aromatic heterocycles. The van der Waals surface area contributed by atoms with Crippen LogP contribution in [0.15, 0.2) is 23.6 Å². The lowest BCUT2D eigenvalue weighted by Crippen LogP contribution is -2.15. The third-order valence-electron chi connectivity index (χ3n) is 3.54. The molecule has 0 saturated carbocycles. The molecule has 0 fully saturated rings. The number of anilines is 1. The summed E-state index contributed by atoms with van der Waals surface area (Å²) in [6.07, 6.45) is 0.0458. The molecule has 0 aliphatic heterocycles. The normalized spacial score (nSPS) is 10.8. The molecule has 3 rings (SSSR count). The average molecular weight is 379 g/mol. The molecule has 25 heavy (non-hydrogen) atoms. The molecule has 1 aromatic carbocycles. The number of nitrogens with one attached hydrogen (secondary N) is 1. The number of hydrogen-bond acceptors (Lipinski definition) is 6. The van der Waals surface area contributed by atoms with Gasteiger partial charge >= 0.3 is 0 Å². The van der Waals surface area contributed by atoms with Gasteiger partial charge in [0.15, 0.2) is 5.78 Å². The van der Waals surface area contributed by atoms with E-state index in [2.05, 4.69) is 15.4 Å². The summed E-state index contributed by atoms with van der Waals surface area (Å²) in [5.41, 5.74) is 1.30. The summed E-state index contributed by atoms with van der Waals surface area (Å²) in [7, 11) is 1.48. The number of amides is 1. The van der Waals surface area contributed by atoms with Gasteiger partial charge in [0.25, 0.3) is 0 Å². The zero-order valence-electron chi connectivity index (χ0n) is 13.6. The van der Waals surface area contributed by atoms with Crippen LogP contribution in [0.1, 0.15) is 28.9 Å². The molecule has 1 amide bonds. The lowest BCUT2D eigenvalue weighted by molar-refractivity contribution is -0.116. The van der Waals surface area contributed by atoms with Crippen LogP contribution in [0.3, 0.4) is 0 Å². The monoisotopic (exact) mass is 378 g/mol. The van der Waals surface area contributed by atoms with Crippen molar-refractivity contribution in [2.45, 2.75) is 19.8 Å². The van der Waals surface area contributed by atoms with Gasteiger partial charge in [-0.2, -0.15) is 4.98 Å². The van der Waals surface area contributed by atoms with E-state index in [-0.39, 0.29) is 30.5 Å². The Hall–Kier alpha value is -2.45. The zero-order chi connectivity index (χ0) is 18.0. The van der Waals surface area contributed by atoms with Crippen LogP contribution >= 0.6 is 22.9 Å². The Labute approximate surface area is 152 Å². The number of rotatable bonds is 6. The van der Waals surface area contributed by atoms with Crippen LogP contribution in [0, 0.1) is 6.92 Å². The van der Waals surface area contributed by atoms with Gasteiger partial charge in [0.1, 0.15) is 5.75 Å². The van der Waals surface area contributed by atoms with E-state index in [1.165, 1.54) is 24.5 Å². The number of ketones is 1. The predicted octanol–water partition coefficient (Wildman–Crippen LogP) is 3.36. The molecular formula is C16H15ClN4O3S. The Bertz CT molecular complexity index is 950.